The van der Waals surface area contributed by atoms with E-state index in [9.17, 15) is 0 Å². The lowest BCUT2D eigenvalue weighted by molar-refractivity contribution is 0.457. The normalized spacial score (nSPS) is 11.2. The predicted octanol–water partition coefficient (Wildman–Crippen LogP) is 2.25. The zero-order chi connectivity index (χ0) is 13.4. The lowest BCUT2D eigenvalue weighted by Crippen LogP contribution is -2.37. The minimum Gasteiger partial charge on any atom is -0.370 e. The molecule has 0 fully saturated rings. The largest absolute Gasteiger partial charge is 0.370 e. The van der Waals surface area contributed by atoms with Crippen LogP contribution in [0.15, 0.2) is 17.4 Å². The third-order valence-electron chi connectivity index (χ3n) is 3.09. The number of imidazole rings is 1. The molecular formula is C13H26IN5. The molecule has 0 saturated heterocycles. The molecule has 0 atom stereocenters. The van der Waals surface area contributed by atoms with Gasteiger partial charge in [-0.05, 0) is 33.6 Å². The topological polar surface area (TPSA) is 59.4 Å². The molecule has 6 heteroatoms. The van der Waals surface area contributed by atoms with Gasteiger partial charge >= 0.3 is 0 Å². The highest BCUT2D eigenvalue weighted by Crippen LogP contribution is 2.00. The Hall–Kier alpha value is -0.790. The van der Waals surface area contributed by atoms with E-state index in [1.54, 1.807) is 0 Å². The molecule has 1 rings (SSSR count). The Bertz CT molecular complexity index is 371. The summed E-state index contributed by atoms with van der Waals surface area (Å²) >= 11 is 0. The Kier molecular flexibility index (Phi) is 9.63. The van der Waals surface area contributed by atoms with Gasteiger partial charge in [0.05, 0.1) is 0 Å². The second kappa shape index (κ2) is 10.1. The van der Waals surface area contributed by atoms with Crippen molar-refractivity contribution in [2.75, 3.05) is 19.6 Å². The van der Waals surface area contributed by atoms with Gasteiger partial charge in [-0.15, -0.1) is 24.0 Å². The van der Waals surface area contributed by atoms with Crippen LogP contribution in [0.2, 0.25) is 0 Å². The molecule has 0 unspecified atom stereocenters. The number of aromatic nitrogens is 2. The number of unbranched alkanes of at least 4 members (excludes halogenated alkanes) is 1. The van der Waals surface area contributed by atoms with Gasteiger partial charge < -0.3 is 15.2 Å². The molecule has 1 heterocycles. The minimum atomic E-state index is 0. The van der Waals surface area contributed by atoms with E-state index in [1.807, 2.05) is 19.3 Å². The van der Waals surface area contributed by atoms with Gasteiger partial charge in [0, 0.05) is 38.6 Å². The van der Waals surface area contributed by atoms with E-state index in [0.29, 0.717) is 5.96 Å². The first-order chi connectivity index (χ1) is 8.69. The molecule has 1 aromatic heterocycles. The van der Waals surface area contributed by atoms with Crippen LogP contribution in [-0.2, 0) is 6.54 Å². The summed E-state index contributed by atoms with van der Waals surface area (Å²) in [5, 5.41) is 0. The first-order valence-electron chi connectivity index (χ1n) is 6.71. The first kappa shape index (κ1) is 18.2. The molecule has 0 aliphatic rings. The Morgan fingerprint density at radius 2 is 2.05 bits per heavy atom. The monoisotopic (exact) mass is 379 g/mol. The van der Waals surface area contributed by atoms with Crippen molar-refractivity contribution in [3.05, 3.63) is 18.2 Å². The number of nitrogens with two attached hydrogens (primary N) is 1. The number of aliphatic imine (C=N–C) groups is 1. The fourth-order valence-electron chi connectivity index (χ4n) is 1.88. The van der Waals surface area contributed by atoms with Gasteiger partial charge in [-0.1, -0.05) is 0 Å². The van der Waals surface area contributed by atoms with Crippen molar-refractivity contribution in [2.45, 2.75) is 40.2 Å². The molecule has 0 aliphatic carbocycles. The molecular weight excluding hydrogens is 353 g/mol. The molecule has 110 valence electrons. The van der Waals surface area contributed by atoms with Gasteiger partial charge in [0.25, 0.3) is 0 Å². The van der Waals surface area contributed by atoms with Gasteiger partial charge in [-0.25, -0.2) is 4.98 Å². The van der Waals surface area contributed by atoms with Crippen molar-refractivity contribution in [1.82, 2.24) is 14.5 Å². The fourth-order valence-corrected chi connectivity index (χ4v) is 1.88. The van der Waals surface area contributed by atoms with E-state index < -0.39 is 0 Å². The van der Waals surface area contributed by atoms with Crippen LogP contribution in [0.5, 0.6) is 0 Å². The van der Waals surface area contributed by atoms with Crippen molar-refractivity contribution in [3.63, 3.8) is 0 Å². The van der Waals surface area contributed by atoms with E-state index in [2.05, 4.69) is 33.3 Å². The summed E-state index contributed by atoms with van der Waals surface area (Å²) in [6.45, 7) is 9.85. The highest BCUT2D eigenvalue weighted by molar-refractivity contribution is 14.0. The molecule has 5 nitrogen and oxygen atoms in total. The van der Waals surface area contributed by atoms with E-state index >= 15 is 0 Å². The van der Waals surface area contributed by atoms with Gasteiger partial charge in [-0.2, -0.15) is 0 Å². The first-order valence-corrected chi connectivity index (χ1v) is 6.71. The Labute approximate surface area is 133 Å². The summed E-state index contributed by atoms with van der Waals surface area (Å²) in [4.78, 5) is 10.7. The molecule has 0 spiro atoms. The van der Waals surface area contributed by atoms with Crippen molar-refractivity contribution < 1.29 is 0 Å². The van der Waals surface area contributed by atoms with Crippen LogP contribution in [-0.4, -0.2) is 40.0 Å². The number of hydrogen-bond acceptors (Lipinski definition) is 2. The number of halogens is 1. The van der Waals surface area contributed by atoms with Crippen LogP contribution in [0, 0.1) is 6.92 Å². The Balaban J connectivity index is 0.00000324. The van der Waals surface area contributed by atoms with Crippen molar-refractivity contribution >= 4 is 29.9 Å². The molecule has 0 saturated carbocycles. The van der Waals surface area contributed by atoms with Gasteiger partial charge in [-0.3, -0.25) is 4.99 Å². The van der Waals surface area contributed by atoms with Crippen LogP contribution in [0.25, 0.3) is 0 Å². The van der Waals surface area contributed by atoms with Crippen LogP contribution < -0.4 is 5.73 Å². The molecule has 0 radical (unpaired) electrons. The summed E-state index contributed by atoms with van der Waals surface area (Å²) in [6, 6.07) is 0. The summed E-state index contributed by atoms with van der Waals surface area (Å²) in [5.41, 5.74) is 5.90. The standard InChI is InChI=1S/C13H25N5.HI/c1-4-17(5-2)13(14)16-8-6-7-10-18-11-9-15-12(18)3;/h9,11H,4-8,10H2,1-3H3,(H2,14,16);1H. The maximum absolute atomic E-state index is 5.90. The average molecular weight is 379 g/mol. The molecule has 0 amide bonds. The number of guanidine groups is 1. The third-order valence-corrected chi connectivity index (χ3v) is 3.09. The van der Waals surface area contributed by atoms with E-state index in [1.165, 1.54) is 0 Å². The zero-order valence-corrected chi connectivity index (χ0v) is 14.5. The molecule has 0 aromatic carbocycles. The van der Waals surface area contributed by atoms with Gasteiger partial charge in [0.1, 0.15) is 5.82 Å². The zero-order valence-electron chi connectivity index (χ0n) is 12.2. The van der Waals surface area contributed by atoms with E-state index in [-0.39, 0.29) is 24.0 Å². The second-order valence-corrected chi connectivity index (χ2v) is 4.29. The second-order valence-electron chi connectivity index (χ2n) is 4.29. The number of nitrogens with zero attached hydrogens (tertiary/aromatic N) is 4. The van der Waals surface area contributed by atoms with Crippen LogP contribution >= 0.6 is 24.0 Å². The highest BCUT2D eigenvalue weighted by atomic mass is 127. The van der Waals surface area contributed by atoms with Crippen LogP contribution in [0.4, 0.5) is 0 Å². The maximum Gasteiger partial charge on any atom is 0.191 e. The fraction of sp³-hybridized carbons (Fsp3) is 0.692. The molecule has 0 bridgehead atoms. The maximum atomic E-state index is 5.90. The number of hydrogen-bond donors (Lipinski definition) is 1. The van der Waals surface area contributed by atoms with E-state index in [0.717, 1.165) is 44.8 Å². The van der Waals surface area contributed by atoms with E-state index in [4.69, 9.17) is 5.73 Å². The van der Waals surface area contributed by atoms with Crippen LogP contribution in [0.3, 0.4) is 0 Å². The Morgan fingerprint density at radius 3 is 2.58 bits per heavy atom. The number of rotatable bonds is 7. The molecule has 2 N–H and O–H groups in total. The molecule has 19 heavy (non-hydrogen) atoms. The highest BCUT2D eigenvalue weighted by Gasteiger charge is 2.01. The smallest absolute Gasteiger partial charge is 0.191 e. The third kappa shape index (κ3) is 6.26. The van der Waals surface area contributed by atoms with Crippen molar-refractivity contribution in [1.29, 1.82) is 0 Å². The summed E-state index contributed by atoms with van der Waals surface area (Å²) in [7, 11) is 0. The summed E-state index contributed by atoms with van der Waals surface area (Å²) in [5.74, 6) is 1.74. The SMILES string of the molecule is CCN(CC)C(N)=NCCCCn1ccnc1C.I. The molecule has 1 aromatic rings. The van der Waals surface area contributed by atoms with Gasteiger partial charge in [0.2, 0.25) is 0 Å². The quantitative estimate of drug-likeness (QED) is 0.342. The van der Waals surface area contributed by atoms with Gasteiger partial charge in [0.15, 0.2) is 5.96 Å². The minimum absolute atomic E-state index is 0. The summed E-state index contributed by atoms with van der Waals surface area (Å²) < 4.78 is 2.16. The lowest BCUT2D eigenvalue weighted by atomic mass is 10.3. The van der Waals surface area contributed by atoms with Crippen molar-refractivity contribution in [2.24, 2.45) is 10.7 Å². The number of aryl methyl sites for hydroxylation is 2. The van der Waals surface area contributed by atoms with Crippen LogP contribution in [0.1, 0.15) is 32.5 Å². The van der Waals surface area contributed by atoms with Crippen molar-refractivity contribution in [3.8, 4) is 0 Å². The Morgan fingerprint density at radius 1 is 1.37 bits per heavy atom. The summed E-state index contributed by atoms with van der Waals surface area (Å²) in [6.07, 6.45) is 6.01. The molecule has 0 aliphatic heterocycles. The average Bonchev–Trinajstić information content (AvgIpc) is 2.76. The lowest BCUT2D eigenvalue weighted by Gasteiger charge is -2.19. The predicted molar refractivity (Wildman–Crippen MR) is 91.0 cm³/mol.